The Kier molecular flexibility index (Phi) is 6.25. The van der Waals surface area contributed by atoms with Gasteiger partial charge in [0.05, 0.1) is 21.6 Å². The molecule has 2 aromatic heterocycles. The van der Waals surface area contributed by atoms with Crippen LogP contribution in [0.15, 0.2) is 24.3 Å². The van der Waals surface area contributed by atoms with Crippen LogP contribution >= 0.6 is 11.3 Å². The molecule has 5 rings (SSSR count). The first-order valence-corrected chi connectivity index (χ1v) is 12.5. The van der Waals surface area contributed by atoms with Gasteiger partial charge in [0.1, 0.15) is 24.4 Å². The molecule has 2 aliphatic heterocycles. The van der Waals surface area contributed by atoms with E-state index in [1.54, 1.807) is 11.0 Å². The molecule has 0 aromatic carbocycles. The Hall–Kier alpha value is -2.65. The lowest BCUT2D eigenvalue weighted by Crippen LogP contribution is -2.55. The SMILES string of the molecule is Cc1ccc(-c2ccc(C(=O)NC(C(=O)N3CC[C@H]4OCC(=O)[C@H]43)C3CCCCC3)s2)nn1. The van der Waals surface area contributed by atoms with Crippen molar-refractivity contribution in [2.75, 3.05) is 13.2 Å². The Morgan fingerprint density at radius 3 is 2.70 bits per heavy atom. The van der Waals surface area contributed by atoms with Crippen LogP contribution in [-0.4, -0.2) is 64.0 Å². The van der Waals surface area contributed by atoms with Gasteiger partial charge in [-0.25, -0.2) is 0 Å². The number of rotatable bonds is 5. The lowest BCUT2D eigenvalue weighted by atomic mass is 9.83. The average molecular weight is 469 g/mol. The second-order valence-corrected chi connectivity index (χ2v) is 10.2. The monoisotopic (exact) mass is 468 g/mol. The van der Waals surface area contributed by atoms with Crippen LogP contribution in [0.3, 0.4) is 0 Å². The summed E-state index contributed by atoms with van der Waals surface area (Å²) >= 11 is 1.33. The van der Waals surface area contributed by atoms with Crippen molar-refractivity contribution in [3.8, 4) is 10.6 Å². The van der Waals surface area contributed by atoms with E-state index in [9.17, 15) is 14.4 Å². The first kappa shape index (κ1) is 22.2. The maximum absolute atomic E-state index is 13.6. The highest BCUT2D eigenvalue weighted by Crippen LogP contribution is 2.32. The predicted molar refractivity (Wildman–Crippen MR) is 123 cm³/mol. The van der Waals surface area contributed by atoms with E-state index in [0.29, 0.717) is 23.5 Å². The largest absolute Gasteiger partial charge is 0.368 e. The number of nitrogens with zero attached hydrogens (tertiary/aromatic N) is 3. The van der Waals surface area contributed by atoms with Gasteiger partial charge in [-0.2, -0.15) is 5.10 Å². The summed E-state index contributed by atoms with van der Waals surface area (Å²) in [6, 6.07) is 6.25. The second kappa shape index (κ2) is 9.30. The number of carbonyl (C=O) groups is 3. The molecule has 1 N–H and O–H groups in total. The van der Waals surface area contributed by atoms with E-state index >= 15 is 0 Å². The standard InChI is InChI=1S/C24H28N4O4S/c1-14-7-8-16(27-26-14)19-9-10-20(33-19)23(30)25-21(15-5-3-2-4-6-15)24(31)28-12-11-18-22(28)17(29)13-32-18/h7-10,15,18,21-22H,2-6,11-13H2,1H3,(H,25,30)/t18-,21?,22-/m1/s1. The highest BCUT2D eigenvalue weighted by Gasteiger charge is 2.49. The van der Waals surface area contributed by atoms with Gasteiger partial charge in [0.25, 0.3) is 5.91 Å². The number of aromatic nitrogens is 2. The quantitative estimate of drug-likeness (QED) is 0.724. The van der Waals surface area contributed by atoms with Gasteiger partial charge in [0, 0.05) is 6.54 Å². The second-order valence-electron chi connectivity index (χ2n) is 9.15. The topological polar surface area (TPSA) is 101 Å². The van der Waals surface area contributed by atoms with E-state index in [2.05, 4.69) is 15.5 Å². The van der Waals surface area contributed by atoms with E-state index in [1.807, 2.05) is 25.1 Å². The minimum Gasteiger partial charge on any atom is -0.368 e. The van der Waals surface area contributed by atoms with Crippen molar-refractivity contribution in [3.05, 3.63) is 34.8 Å². The fourth-order valence-electron chi connectivity index (χ4n) is 5.21. The smallest absolute Gasteiger partial charge is 0.262 e. The van der Waals surface area contributed by atoms with Crippen LogP contribution in [0.4, 0.5) is 0 Å². The van der Waals surface area contributed by atoms with Crippen LogP contribution in [0.5, 0.6) is 0 Å². The van der Waals surface area contributed by atoms with Gasteiger partial charge in [-0.05, 0) is 56.4 Å². The van der Waals surface area contributed by atoms with Crippen molar-refractivity contribution in [1.29, 1.82) is 0 Å². The molecule has 2 amide bonds. The number of thiophene rings is 1. The summed E-state index contributed by atoms with van der Waals surface area (Å²) in [6.07, 6.45) is 5.51. The Labute approximate surface area is 196 Å². The van der Waals surface area contributed by atoms with Gasteiger partial charge >= 0.3 is 0 Å². The third-order valence-electron chi connectivity index (χ3n) is 6.95. The van der Waals surface area contributed by atoms with Crippen molar-refractivity contribution in [2.45, 2.75) is 63.6 Å². The van der Waals surface area contributed by atoms with Gasteiger partial charge in [-0.1, -0.05) is 19.3 Å². The first-order valence-electron chi connectivity index (χ1n) is 11.7. The van der Waals surface area contributed by atoms with Gasteiger partial charge in [0.15, 0.2) is 5.78 Å². The average Bonchev–Trinajstić information content (AvgIpc) is 3.56. The number of Topliss-reactive ketones (excluding diaryl/α,β-unsaturated/α-hetero) is 1. The zero-order chi connectivity index (χ0) is 22.9. The molecule has 0 spiro atoms. The van der Waals surface area contributed by atoms with E-state index < -0.39 is 12.1 Å². The molecule has 2 saturated heterocycles. The molecule has 1 saturated carbocycles. The number of fused-ring (bicyclic) bond motifs is 1. The summed E-state index contributed by atoms with van der Waals surface area (Å²) in [5.41, 5.74) is 1.55. The highest BCUT2D eigenvalue weighted by molar-refractivity contribution is 7.17. The van der Waals surface area contributed by atoms with Crippen LogP contribution in [0, 0.1) is 12.8 Å². The van der Waals surface area contributed by atoms with E-state index in [-0.39, 0.29) is 36.2 Å². The molecule has 3 aliphatic rings. The fraction of sp³-hybridized carbons (Fsp3) is 0.542. The van der Waals surface area contributed by atoms with Crippen LogP contribution in [0.1, 0.15) is 53.9 Å². The minimum absolute atomic E-state index is 0.0401. The number of ether oxygens (including phenoxy) is 1. The van der Waals surface area contributed by atoms with Gasteiger partial charge < -0.3 is 15.0 Å². The first-order chi connectivity index (χ1) is 16.0. The number of amides is 2. The third-order valence-corrected chi connectivity index (χ3v) is 8.06. The molecule has 8 nitrogen and oxygen atoms in total. The summed E-state index contributed by atoms with van der Waals surface area (Å²) in [4.78, 5) is 42.2. The zero-order valence-electron chi connectivity index (χ0n) is 18.7. The summed E-state index contributed by atoms with van der Waals surface area (Å²) in [6.45, 7) is 2.44. The molecule has 3 fully saturated rings. The maximum atomic E-state index is 13.6. The molecule has 174 valence electrons. The summed E-state index contributed by atoms with van der Waals surface area (Å²) in [5, 5.41) is 11.3. The van der Waals surface area contributed by atoms with E-state index in [4.69, 9.17) is 4.74 Å². The van der Waals surface area contributed by atoms with Gasteiger partial charge in [0.2, 0.25) is 5.91 Å². The van der Waals surface area contributed by atoms with Crippen LogP contribution in [-0.2, 0) is 14.3 Å². The molecule has 4 heterocycles. The van der Waals surface area contributed by atoms with Crippen molar-refractivity contribution in [2.24, 2.45) is 5.92 Å². The van der Waals surface area contributed by atoms with Gasteiger partial charge in [-0.15, -0.1) is 16.4 Å². The van der Waals surface area contributed by atoms with E-state index in [0.717, 1.165) is 42.7 Å². The van der Waals surface area contributed by atoms with Crippen LogP contribution in [0.25, 0.3) is 10.6 Å². The predicted octanol–water partition coefficient (Wildman–Crippen LogP) is 2.76. The molecule has 1 unspecified atom stereocenters. The lowest BCUT2D eigenvalue weighted by Gasteiger charge is -2.34. The third kappa shape index (κ3) is 4.44. The molecule has 2 aromatic rings. The number of nitrogens with one attached hydrogen (secondary N) is 1. The molecular weight excluding hydrogens is 440 g/mol. The Morgan fingerprint density at radius 1 is 1.12 bits per heavy atom. The van der Waals surface area contributed by atoms with Crippen molar-refractivity contribution >= 4 is 28.9 Å². The fourth-order valence-corrected chi connectivity index (χ4v) is 6.08. The summed E-state index contributed by atoms with van der Waals surface area (Å²) in [5.74, 6) is -0.376. The molecule has 0 radical (unpaired) electrons. The normalized spacial score (nSPS) is 24.0. The Morgan fingerprint density at radius 2 is 1.94 bits per heavy atom. The lowest BCUT2D eigenvalue weighted by molar-refractivity contribution is -0.139. The number of ketones is 1. The van der Waals surface area contributed by atoms with Crippen molar-refractivity contribution < 1.29 is 19.1 Å². The summed E-state index contributed by atoms with van der Waals surface area (Å²) in [7, 11) is 0. The van der Waals surface area contributed by atoms with Crippen molar-refractivity contribution in [3.63, 3.8) is 0 Å². The number of aryl methyl sites for hydroxylation is 1. The molecule has 3 atom stereocenters. The number of carbonyl (C=O) groups excluding carboxylic acids is 3. The van der Waals surface area contributed by atoms with E-state index in [1.165, 1.54) is 11.3 Å². The molecule has 9 heteroatoms. The molecule has 33 heavy (non-hydrogen) atoms. The number of likely N-dealkylation sites (tertiary alicyclic amines) is 1. The van der Waals surface area contributed by atoms with Crippen molar-refractivity contribution in [1.82, 2.24) is 20.4 Å². The number of hydrogen-bond donors (Lipinski definition) is 1. The summed E-state index contributed by atoms with van der Waals surface area (Å²) < 4.78 is 5.56. The molecule has 0 bridgehead atoms. The van der Waals surface area contributed by atoms with Crippen LogP contribution in [0.2, 0.25) is 0 Å². The Balaban J connectivity index is 1.35. The van der Waals surface area contributed by atoms with Gasteiger partial charge in [-0.3, -0.25) is 14.4 Å². The molecular formula is C24H28N4O4S. The maximum Gasteiger partial charge on any atom is 0.262 e. The Bertz CT molecular complexity index is 1050. The number of hydrogen-bond acceptors (Lipinski definition) is 7. The van der Waals surface area contributed by atoms with Crippen LogP contribution < -0.4 is 5.32 Å². The minimum atomic E-state index is -0.630. The highest BCUT2D eigenvalue weighted by atomic mass is 32.1. The zero-order valence-corrected chi connectivity index (χ0v) is 19.5. The molecule has 1 aliphatic carbocycles.